The van der Waals surface area contributed by atoms with Crippen LogP contribution in [0.2, 0.25) is 5.02 Å². The first-order chi connectivity index (χ1) is 8.98. The lowest BCUT2D eigenvalue weighted by Gasteiger charge is -2.18. The highest BCUT2D eigenvalue weighted by atomic mass is 35.5. The average molecular weight is 337 g/mol. The van der Waals surface area contributed by atoms with Crippen molar-refractivity contribution < 1.29 is 8.42 Å². The Labute approximate surface area is 131 Å². The minimum Gasteiger partial charge on any atom is -0.316 e. The molecule has 0 bridgehead atoms. The van der Waals surface area contributed by atoms with Crippen LogP contribution in [0.3, 0.4) is 0 Å². The monoisotopic (exact) mass is 336 g/mol. The van der Waals surface area contributed by atoms with E-state index in [1.165, 1.54) is 0 Å². The molecule has 2 atom stereocenters. The molecule has 0 spiro atoms. The summed E-state index contributed by atoms with van der Waals surface area (Å²) in [6.07, 6.45) is 0. The molecule has 0 unspecified atom stereocenters. The number of nitrogens with zero attached hydrogens (tertiary/aromatic N) is 1. The number of hydrogen-bond donors (Lipinski definition) is 1. The van der Waals surface area contributed by atoms with Gasteiger partial charge in [0.25, 0.3) is 0 Å². The lowest BCUT2D eigenvalue weighted by molar-refractivity contribution is 0.448. The Balaban J connectivity index is 0.00000147. The predicted molar refractivity (Wildman–Crippen MR) is 82.0 cm³/mol. The van der Waals surface area contributed by atoms with E-state index in [9.17, 15) is 8.42 Å². The van der Waals surface area contributed by atoms with Gasteiger partial charge in [-0.3, -0.25) is 0 Å². The fourth-order valence-corrected chi connectivity index (χ4v) is 5.07. The highest BCUT2D eigenvalue weighted by molar-refractivity contribution is 7.89. The van der Waals surface area contributed by atoms with Crippen molar-refractivity contribution in [3.05, 3.63) is 28.8 Å². The zero-order chi connectivity index (χ0) is 13.6. The van der Waals surface area contributed by atoms with Crippen molar-refractivity contribution in [3.63, 3.8) is 0 Å². The second-order valence-corrected chi connectivity index (χ2v) is 7.75. The Morgan fingerprint density at radius 1 is 1.25 bits per heavy atom. The van der Waals surface area contributed by atoms with Crippen LogP contribution < -0.4 is 5.32 Å². The first-order valence-electron chi connectivity index (χ1n) is 6.45. The molecule has 2 aliphatic rings. The Morgan fingerprint density at radius 3 is 2.45 bits per heavy atom. The first-order valence-corrected chi connectivity index (χ1v) is 8.27. The third kappa shape index (κ3) is 2.70. The van der Waals surface area contributed by atoms with Crippen molar-refractivity contribution in [1.29, 1.82) is 0 Å². The molecule has 112 valence electrons. The average Bonchev–Trinajstić information content (AvgIpc) is 2.92. The van der Waals surface area contributed by atoms with Crippen LogP contribution >= 0.6 is 24.0 Å². The summed E-state index contributed by atoms with van der Waals surface area (Å²) in [6, 6.07) is 5.14. The van der Waals surface area contributed by atoms with Gasteiger partial charge in [-0.25, -0.2) is 8.42 Å². The summed E-state index contributed by atoms with van der Waals surface area (Å²) >= 11 is 6.06. The van der Waals surface area contributed by atoms with Gasteiger partial charge in [0.15, 0.2) is 0 Å². The minimum atomic E-state index is -3.46. The molecule has 2 saturated heterocycles. The van der Waals surface area contributed by atoms with Crippen molar-refractivity contribution in [1.82, 2.24) is 9.62 Å². The lowest BCUT2D eigenvalue weighted by Crippen LogP contribution is -2.32. The molecule has 1 N–H and O–H groups in total. The van der Waals surface area contributed by atoms with Crippen molar-refractivity contribution in [2.75, 3.05) is 26.2 Å². The fourth-order valence-electron chi connectivity index (χ4n) is 2.96. The van der Waals surface area contributed by atoms with Gasteiger partial charge < -0.3 is 5.32 Å². The number of nitrogens with one attached hydrogen (secondary N) is 1. The molecular weight excluding hydrogens is 319 g/mol. The summed E-state index contributed by atoms with van der Waals surface area (Å²) in [5, 5.41) is 3.62. The Kier molecular flexibility index (Phi) is 4.66. The molecule has 7 heteroatoms. The molecule has 0 saturated carbocycles. The normalized spacial score (nSPS) is 26.3. The smallest absolute Gasteiger partial charge is 0.244 e. The third-order valence-electron chi connectivity index (χ3n) is 4.06. The first kappa shape index (κ1) is 16.0. The van der Waals surface area contributed by atoms with Crippen LogP contribution in [0.4, 0.5) is 0 Å². The van der Waals surface area contributed by atoms with Crippen LogP contribution in [0, 0.1) is 18.8 Å². The summed E-state index contributed by atoms with van der Waals surface area (Å²) in [7, 11) is -3.46. The van der Waals surface area contributed by atoms with E-state index in [4.69, 9.17) is 11.6 Å². The van der Waals surface area contributed by atoms with Crippen LogP contribution in [0.15, 0.2) is 23.1 Å². The fraction of sp³-hybridized carbons (Fsp3) is 0.538. The molecule has 0 aliphatic carbocycles. The Hall–Kier alpha value is -0.330. The predicted octanol–water partition coefficient (Wildman–Crippen LogP) is 1.91. The van der Waals surface area contributed by atoms with Gasteiger partial charge in [-0.2, -0.15) is 4.31 Å². The Bertz CT molecular complexity index is 594. The van der Waals surface area contributed by atoms with Crippen molar-refractivity contribution in [2.24, 2.45) is 11.8 Å². The van der Waals surface area contributed by atoms with E-state index < -0.39 is 10.0 Å². The molecular formula is C13H18Cl2N2O2S. The van der Waals surface area contributed by atoms with Gasteiger partial charge in [-0.15, -0.1) is 12.4 Å². The van der Waals surface area contributed by atoms with Crippen molar-refractivity contribution in [3.8, 4) is 0 Å². The SMILES string of the molecule is Cc1ccc(Cl)c(S(=O)(=O)N2C[C@H]3CNC[C@H]3C2)c1.Cl. The van der Waals surface area contributed by atoms with Gasteiger partial charge in [0, 0.05) is 13.1 Å². The summed E-state index contributed by atoms with van der Waals surface area (Å²) in [5.41, 5.74) is 0.907. The van der Waals surface area contributed by atoms with Gasteiger partial charge in [0.1, 0.15) is 4.90 Å². The van der Waals surface area contributed by atoms with Gasteiger partial charge >= 0.3 is 0 Å². The lowest BCUT2D eigenvalue weighted by atomic mass is 10.0. The van der Waals surface area contributed by atoms with Crippen LogP contribution in [0.25, 0.3) is 0 Å². The van der Waals surface area contributed by atoms with Crippen LogP contribution in [-0.2, 0) is 10.0 Å². The maximum atomic E-state index is 12.7. The molecule has 20 heavy (non-hydrogen) atoms. The highest BCUT2D eigenvalue weighted by Crippen LogP contribution is 2.33. The van der Waals surface area contributed by atoms with Crippen LogP contribution in [0.5, 0.6) is 0 Å². The molecule has 4 nitrogen and oxygen atoms in total. The maximum Gasteiger partial charge on any atom is 0.244 e. The van der Waals surface area contributed by atoms with Crippen molar-refractivity contribution in [2.45, 2.75) is 11.8 Å². The maximum absolute atomic E-state index is 12.7. The quantitative estimate of drug-likeness (QED) is 0.897. The van der Waals surface area contributed by atoms with E-state index >= 15 is 0 Å². The van der Waals surface area contributed by atoms with Crippen LogP contribution in [0.1, 0.15) is 5.56 Å². The van der Waals surface area contributed by atoms with E-state index in [0.717, 1.165) is 18.7 Å². The third-order valence-corrected chi connectivity index (χ3v) is 6.37. The van der Waals surface area contributed by atoms with E-state index in [0.29, 0.717) is 29.9 Å². The largest absolute Gasteiger partial charge is 0.316 e. The standard InChI is InChI=1S/C13H17ClN2O2S.ClH/c1-9-2-3-12(14)13(4-9)19(17,18)16-7-10-5-15-6-11(10)8-16;/h2-4,10-11,15H,5-8H2,1H3;1H/t10-,11+;. The van der Waals surface area contributed by atoms with E-state index in [2.05, 4.69) is 5.32 Å². The Morgan fingerprint density at radius 2 is 1.85 bits per heavy atom. The minimum absolute atomic E-state index is 0. The van der Waals surface area contributed by atoms with Gasteiger partial charge in [-0.05, 0) is 49.5 Å². The van der Waals surface area contributed by atoms with E-state index in [1.807, 2.05) is 13.0 Å². The summed E-state index contributed by atoms with van der Waals surface area (Å²) in [5.74, 6) is 0.886. The number of aryl methyl sites for hydroxylation is 1. The summed E-state index contributed by atoms with van der Waals surface area (Å²) in [6.45, 7) is 4.91. The highest BCUT2D eigenvalue weighted by Gasteiger charge is 2.41. The van der Waals surface area contributed by atoms with Gasteiger partial charge in [0.2, 0.25) is 10.0 Å². The number of rotatable bonds is 2. The van der Waals surface area contributed by atoms with E-state index in [1.54, 1.807) is 16.4 Å². The second kappa shape index (κ2) is 5.81. The number of benzene rings is 1. The number of fused-ring (bicyclic) bond motifs is 1. The molecule has 0 radical (unpaired) electrons. The zero-order valence-electron chi connectivity index (χ0n) is 11.2. The zero-order valence-corrected chi connectivity index (χ0v) is 13.6. The number of halogens is 2. The number of sulfonamides is 1. The molecule has 0 aromatic heterocycles. The van der Waals surface area contributed by atoms with Gasteiger partial charge in [0.05, 0.1) is 5.02 Å². The van der Waals surface area contributed by atoms with Crippen LogP contribution in [-0.4, -0.2) is 38.9 Å². The molecule has 1 aromatic carbocycles. The summed E-state index contributed by atoms with van der Waals surface area (Å²) < 4.78 is 26.9. The van der Waals surface area contributed by atoms with Crippen molar-refractivity contribution >= 4 is 34.0 Å². The summed E-state index contributed by atoms with van der Waals surface area (Å²) in [4.78, 5) is 0.238. The van der Waals surface area contributed by atoms with Gasteiger partial charge in [-0.1, -0.05) is 17.7 Å². The molecule has 0 amide bonds. The second-order valence-electron chi connectivity index (χ2n) is 5.43. The molecule has 2 fully saturated rings. The van der Waals surface area contributed by atoms with E-state index in [-0.39, 0.29) is 17.3 Å². The molecule has 2 aliphatic heterocycles. The topological polar surface area (TPSA) is 49.4 Å². The molecule has 1 aromatic rings. The molecule has 2 heterocycles. The number of hydrogen-bond acceptors (Lipinski definition) is 3. The molecule has 3 rings (SSSR count).